The van der Waals surface area contributed by atoms with Gasteiger partial charge in [-0.25, -0.2) is 4.98 Å². The number of nitrogens with zero attached hydrogens (tertiary/aromatic N) is 2. The molecule has 2 heterocycles. The Hall–Kier alpha value is -0.610. The maximum atomic E-state index is 4.58. The van der Waals surface area contributed by atoms with Gasteiger partial charge in [0.05, 0.1) is 0 Å². The average molecular weight is 312 g/mol. The highest BCUT2D eigenvalue weighted by molar-refractivity contribution is 9.10. The van der Waals surface area contributed by atoms with Gasteiger partial charge in [0.25, 0.3) is 0 Å². The number of anilines is 1. The van der Waals surface area contributed by atoms with Crippen molar-refractivity contribution < 1.29 is 0 Å². The second-order valence-corrected chi connectivity index (χ2v) is 5.84. The number of halogens is 1. The van der Waals surface area contributed by atoms with Crippen molar-refractivity contribution in [2.75, 3.05) is 24.5 Å². The maximum absolute atomic E-state index is 4.58. The summed E-state index contributed by atoms with van der Waals surface area (Å²) >= 11 is 3.52. The third kappa shape index (κ3) is 3.23. The molecule has 0 aliphatic carbocycles. The molecule has 3 nitrogen and oxygen atoms in total. The number of hydrogen-bond donors (Lipinski definition) is 1. The number of pyridine rings is 1. The molecule has 4 heteroatoms. The summed E-state index contributed by atoms with van der Waals surface area (Å²) in [5.74, 6) is 1.12. The fourth-order valence-corrected chi connectivity index (χ4v) is 2.72. The van der Waals surface area contributed by atoms with Crippen LogP contribution in [0.5, 0.6) is 0 Å². The third-order valence-electron chi connectivity index (χ3n) is 3.50. The second-order valence-electron chi connectivity index (χ2n) is 4.99. The number of rotatable bonds is 4. The highest BCUT2D eigenvalue weighted by Gasteiger charge is 2.21. The van der Waals surface area contributed by atoms with E-state index in [9.17, 15) is 0 Å². The molecule has 1 aromatic heterocycles. The van der Waals surface area contributed by atoms with Gasteiger partial charge >= 0.3 is 0 Å². The molecule has 0 saturated carbocycles. The minimum absolute atomic E-state index is 0.590. The lowest BCUT2D eigenvalue weighted by molar-refractivity contribution is 0.429. The second kappa shape index (κ2) is 6.53. The first-order chi connectivity index (χ1) is 8.72. The van der Waals surface area contributed by atoms with Crippen LogP contribution >= 0.6 is 15.9 Å². The lowest BCUT2D eigenvalue weighted by atomic mass is 10.1. The molecule has 100 valence electrons. The van der Waals surface area contributed by atoms with E-state index in [-0.39, 0.29) is 0 Å². The first kappa shape index (κ1) is 13.8. The first-order valence-corrected chi connectivity index (χ1v) is 7.61. The predicted octanol–water partition coefficient (Wildman–Crippen LogP) is 3.12. The van der Waals surface area contributed by atoms with E-state index < -0.39 is 0 Å². The van der Waals surface area contributed by atoms with Crippen molar-refractivity contribution in [1.29, 1.82) is 0 Å². The molecule has 1 fully saturated rings. The van der Waals surface area contributed by atoms with E-state index in [0.717, 1.165) is 36.3 Å². The van der Waals surface area contributed by atoms with Crippen LogP contribution in [0.3, 0.4) is 0 Å². The number of nitrogens with one attached hydrogen (secondary N) is 1. The van der Waals surface area contributed by atoms with E-state index in [1.54, 1.807) is 0 Å². The van der Waals surface area contributed by atoms with Crippen LogP contribution in [0.15, 0.2) is 16.7 Å². The maximum Gasteiger partial charge on any atom is 0.129 e. The van der Waals surface area contributed by atoms with E-state index >= 15 is 0 Å². The van der Waals surface area contributed by atoms with Crippen LogP contribution in [0.25, 0.3) is 0 Å². The van der Waals surface area contributed by atoms with Crippen LogP contribution in [0, 0.1) is 6.92 Å². The number of aromatic nitrogens is 1. The molecule has 1 aliphatic rings. The fraction of sp³-hybridized carbons (Fsp3) is 0.643. The Labute approximate surface area is 118 Å². The molecular weight excluding hydrogens is 290 g/mol. The average Bonchev–Trinajstić information content (AvgIpc) is 2.40. The Morgan fingerprint density at radius 2 is 2.39 bits per heavy atom. The smallest absolute Gasteiger partial charge is 0.129 e. The molecule has 18 heavy (non-hydrogen) atoms. The summed E-state index contributed by atoms with van der Waals surface area (Å²) in [5.41, 5.74) is 1.25. The lowest BCUT2D eigenvalue weighted by Gasteiger charge is -2.35. The molecule has 0 aromatic carbocycles. The van der Waals surface area contributed by atoms with E-state index in [0.29, 0.717) is 6.04 Å². The molecule has 0 amide bonds. The van der Waals surface area contributed by atoms with Crippen LogP contribution in [-0.4, -0.2) is 30.7 Å². The summed E-state index contributed by atoms with van der Waals surface area (Å²) in [6.07, 6.45) is 5.61. The van der Waals surface area contributed by atoms with Gasteiger partial charge in [-0.15, -0.1) is 0 Å². The van der Waals surface area contributed by atoms with Gasteiger partial charge in [0.15, 0.2) is 0 Å². The molecule has 0 bridgehead atoms. The summed E-state index contributed by atoms with van der Waals surface area (Å²) in [6, 6.07) is 2.78. The molecule has 1 aliphatic heterocycles. The number of aryl methyl sites for hydroxylation is 1. The summed E-state index contributed by atoms with van der Waals surface area (Å²) in [4.78, 5) is 7.05. The molecule has 1 unspecified atom stereocenters. The first-order valence-electron chi connectivity index (χ1n) is 6.82. The SMILES string of the molecule is CCCN(c1cc(C)c(Br)cn1)C1CCCNC1. The van der Waals surface area contributed by atoms with E-state index in [1.165, 1.54) is 18.4 Å². The van der Waals surface area contributed by atoms with Gasteiger partial charge in [0.2, 0.25) is 0 Å². The minimum Gasteiger partial charge on any atom is -0.352 e. The zero-order chi connectivity index (χ0) is 13.0. The Morgan fingerprint density at radius 1 is 1.56 bits per heavy atom. The van der Waals surface area contributed by atoms with Crippen molar-refractivity contribution in [2.45, 2.75) is 39.2 Å². The van der Waals surface area contributed by atoms with Crippen molar-refractivity contribution >= 4 is 21.7 Å². The third-order valence-corrected chi connectivity index (χ3v) is 4.33. The predicted molar refractivity (Wildman–Crippen MR) is 80.2 cm³/mol. The molecule has 1 atom stereocenters. The summed E-state index contributed by atoms with van der Waals surface area (Å²) in [7, 11) is 0. The van der Waals surface area contributed by atoms with E-state index in [2.05, 4.69) is 51.0 Å². The molecular formula is C14H22BrN3. The van der Waals surface area contributed by atoms with Crippen molar-refractivity contribution in [2.24, 2.45) is 0 Å². The van der Waals surface area contributed by atoms with Gasteiger partial charge in [-0.05, 0) is 60.3 Å². The van der Waals surface area contributed by atoms with Gasteiger partial charge in [-0.2, -0.15) is 0 Å². The van der Waals surface area contributed by atoms with Gasteiger partial charge in [-0.1, -0.05) is 6.92 Å². The van der Waals surface area contributed by atoms with Crippen molar-refractivity contribution in [3.63, 3.8) is 0 Å². The highest BCUT2D eigenvalue weighted by atomic mass is 79.9. The van der Waals surface area contributed by atoms with Gasteiger partial charge in [-0.3, -0.25) is 0 Å². The number of piperidine rings is 1. The quantitative estimate of drug-likeness (QED) is 0.926. The van der Waals surface area contributed by atoms with Crippen LogP contribution in [0.1, 0.15) is 31.7 Å². The van der Waals surface area contributed by atoms with Crippen molar-refractivity contribution in [1.82, 2.24) is 10.3 Å². The summed E-state index contributed by atoms with van der Waals surface area (Å²) in [5, 5.41) is 3.49. The van der Waals surface area contributed by atoms with Gasteiger partial charge in [0.1, 0.15) is 5.82 Å². The van der Waals surface area contributed by atoms with Crippen molar-refractivity contribution in [3.05, 3.63) is 22.3 Å². The van der Waals surface area contributed by atoms with Crippen LogP contribution in [-0.2, 0) is 0 Å². The molecule has 1 saturated heterocycles. The Morgan fingerprint density at radius 3 is 3.00 bits per heavy atom. The molecule has 0 spiro atoms. The molecule has 2 rings (SSSR count). The van der Waals surface area contributed by atoms with Crippen LogP contribution in [0.4, 0.5) is 5.82 Å². The van der Waals surface area contributed by atoms with Gasteiger partial charge in [0, 0.05) is 29.8 Å². The zero-order valence-electron chi connectivity index (χ0n) is 11.2. The topological polar surface area (TPSA) is 28.2 Å². The summed E-state index contributed by atoms with van der Waals surface area (Å²) < 4.78 is 1.09. The fourth-order valence-electron chi connectivity index (χ4n) is 2.51. The van der Waals surface area contributed by atoms with Crippen LogP contribution in [0.2, 0.25) is 0 Å². The molecule has 1 N–H and O–H groups in total. The largest absolute Gasteiger partial charge is 0.352 e. The number of hydrogen-bond acceptors (Lipinski definition) is 3. The van der Waals surface area contributed by atoms with E-state index in [4.69, 9.17) is 0 Å². The minimum atomic E-state index is 0.590. The Bertz CT molecular complexity index is 389. The molecule has 0 radical (unpaired) electrons. The zero-order valence-corrected chi connectivity index (χ0v) is 12.8. The standard InChI is InChI=1S/C14H22BrN3/c1-3-7-18(12-5-4-6-16-9-12)14-8-11(2)13(15)10-17-14/h8,10,12,16H,3-7,9H2,1-2H3. The highest BCUT2D eigenvalue weighted by Crippen LogP contribution is 2.23. The van der Waals surface area contributed by atoms with Gasteiger partial charge < -0.3 is 10.2 Å². The van der Waals surface area contributed by atoms with Crippen molar-refractivity contribution in [3.8, 4) is 0 Å². The van der Waals surface area contributed by atoms with E-state index in [1.807, 2.05) is 6.20 Å². The molecule has 1 aromatic rings. The normalized spacial score (nSPS) is 19.8. The van der Waals surface area contributed by atoms with Crippen LogP contribution < -0.4 is 10.2 Å². The Balaban J connectivity index is 2.19. The Kier molecular flexibility index (Phi) is 5.01. The lowest BCUT2D eigenvalue weighted by Crippen LogP contribution is -2.46. The monoisotopic (exact) mass is 311 g/mol. The summed E-state index contributed by atoms with van der Waals surface area (Å²) in [6.45, 7) is 7.67.